The normalized spacial score (nSPS) is 21.0. The predicted molar refractivity (Wildman–Crippen MR) is 84.5 cm³/mol. The van der Waals surface area contributed by atoms with Gasteiger partial charge in [0.15, 0.2) is 0 Å². The van der Waals surface area contributed by atoms with Crippen molar-refractivity contribution in [3.05, 3.63) is 29.8 Å². The van der Waals surface area contributed by atoms with Crippen LogP contribution < -0.4 is 5.73 Å². The zero-order valence-electron chi connectivity index (χ0n) is 11.8. The summed E-state index contributed by atoms with van der Waals surface area (Å²) in [6.07, 6.45) is 1.82. The minimum Gasteiger partial charge on any atom is -0.330 e. The smallest absolute Gasteiger partial charge is 0.243 e. The molecule has 0 radical (unpaired) electrons. The van der Waals surface area contributed by atoms with Gasteiger partial charge in [0, 0.05) is 24.1 Å². The van der Waals surface area contributed by atoms with Crippen molar-refractivity contribution >= 4 is 21.8 Å². The molecule has 4 nitrogen and oxygen atoms in total. The molecule has 1 heterocycles. The fourth-order valence-electron chi connectivity index (χ4n) is 2.34. The molecule has 1 atom stereocenters. The lowest BCUT2D eigenvalue weighted by Gasteiger charge is -2.31. The van der Waals surface area contributed by atoms with Crippen LogP contribution in [-0.2, 0) is 16.4 Å². The number of rotatable bonds is 5. The molecule has 6 heteroatoms. The fraction of sp³-hybridized carbons (Fsp3) is 0.571. The van der Waals surface area contributed by atoms with E-state index >= 15 is 0 Å². The van der Waals surface area contributed by atoms with Crippen LogP contribution in [0.2, 0.25) is 0 Å². The Morgan fingerprint density at radius 2 is 2.05 bits per heavy atom. The van der Waals surface area contributed by atoms with Crippen molar-refractivity contribution < 1.29 is 8.42 Å². The molecule has 0 saturated carbocycles. The van der Waals surface area contributed by atoms with Crippen LogP contribution in [0.25, 0.3) is 0 Å². The number of nitrogens with two attached hydrogens (primary N) is 1. The van der Waals surface area contributed by atoms with Gasteiger partial charge in [-0.05, 0) is 44.0 Å². The molecule has 2 N–H and O–H groups in total. The zero-order chi connectivity index (χ0) is 14.6. The second-order valence-corrected chi connectivity index (χ2v) is 8.12. The van der Waals surface area contributed by atoms with E-state index < -0.39 is 10.0 Å². The maximum absolute atomic E-state index is 12.6. The summed E-state index contributed by atoms with van der Waals surface area (Å²) in [5, 5.41) is 0. The minimum atomic E-state index is -3.35. The van der Waals surface area contributed by atoms with E-state index in [9.17, 15) is 8.42 Å². The molecule has 0 bridgehead atoms. The van der Waals surface area contributed by atoms with Gasteiger partial charge < -0.3 is 5.73 Å². The van der Waals surface area contributed by atoms with Crippen molar-refractivity contribution in [1.82, 2.24) is 4.31 Å². The van der Waals surface area contributed by atoms with Crippen molar-refractivity contribution in [2.45, 2.75) is 30.7 Å². The summed E-state index contributed by atoms with van der Waals surface area (Å²) < 4.78 is 26.9. The molecule has 1 saturated heterocycles. The van der Waals surface area contributed by atoms with Crippen LogP contribution >= 0.6 is 11.8 Å². The Morgan fingerprint density at radius 1 is 1.35 bits per heavy atom. The highest BCUT2D eigenvalue weighted by Crippen LogP contribution is 2.24. The van der Waals surface area contributed by atoms with Crippen LogP contribution in [0.5, 0.6) is 0 Å². The third-order valence-corrected chi connectivity index (χ3v) is 6.72. The quantitative estimate of drug-likeness (QED) is 0.898. The van der Waals surface area contributed by atoms with Crippen molar-refractivity contribution in [3.63, 3.8) is 0 Å². The Hall–Kier alpha value is -0.560. The fourth-order valence-corrected chi connectivity index (χ4v) is 5.19. The van der Waals surface area contributed by atoms with Gasteiger partial charge in [0.1, 0.15) is 0 Å². The molecule has 112 valence electrons. The summed E-state index contributed by atoms with van der Waals surface area (Å²) in [5.41, 5.74) is 6.62. The van der Waals surface area contributed by atoms with Crippen molar-refractivity contribution in [1.29, 1.82) is 0 Å². The van der Waals surface area contributed by atoms with Gasteiger partial charge in [0.2, 0.25) is 10.0 Å². The van der Waals surface area contributed by atoms with E-state index in [4.69, 9.17) is 5.73 Å². The van der Waals surface area contributed by atoms with Crippen molar-refractivity contribution in [2.75, 3.05) is 24.6 Å². The first-order chi connectivity index (χ1) is 9.55. The third-order valence-electron chi connectivity index (χ3n) is 3.51. The molecule has 20 heavy (non-hydrogen) atoms. The van der Waals surface area contributed by atoms with E-state index in [-0.39, 0.29) is 6.04 Å². The van der Waals surface area contributed by atoms with Crippen molar-refractivity contribution in [3.8, 4) is 0 Å². The average molecular weight is 314 g/mol. The molecule has 0 aromatic heterocycles. The first-order valence-corrected chi connectivity index (χ1v) is 9.54. The van der Waals surface area contributed by atoms with Crippen LogP contribution in [0.1, 0.15) is 18.9 Å². The van der Waals surface area contributed by atoms with E-state index in [1.807, 2.05) is 30.8 Å². The first-order valence-electron chi connectivity index (χ1n) is 6.94. The van der Waals surface area contributed by atoms with E-state index in [2.05, 4.69) is 0 Å². The highest BCUT2D eigenvalue weighted by Gasteiger charge is 2.30. The zero-order valence-corrected chi connectivity index (χ0v) is 13.4. The Kier molecular flexibility index (Phi) is 5.49. The number of hydrogen-bond acceptors (Lipinski definition) is 4. The number of thioether (sulfide) groups is 1. The molecule has 1 fully saturated rings. The lowest BCUT2D eigenvalue weighted by atomic mass is 10.1. The lowest BCUT2D eigenvalue weighted by molar-refractivity contribution is 0.367. The Balaban J connectivity index is 2.16. The number of hydrogen-bond donors (Lipinski definition) is 1. The van der Waals surface area contributed by atoms with Crippen molar-refractivity contribution in [2.24, 2.45) is 5.73 Å². The number of benzene rings is 1. The van der Waals surface area contributed by atoms with Gasteiger partial charge in [0.25, 0.3) is 0 Å². The van der Waals surface area contributed by atoms with Gasteiger partial charge >= 0.3 is 0 Å². The minimum absolute atomic E-state index is 0.0654. The van der Waals surface area contributed by atoms with E-state index in [1.54, 1.807) is 16.4 Å². The summed E-state index contributed by atoms with van der Waals surface area (Å²) in [4.78, 5) is 0.396. The summed E-state index contributed by atoms with van der Waals surface area (Å²) in [5.74, 6) is 1.74. The highest BCUT2D eigenvalue weighted by atomic mass is 32.2. The monoisotopic (exact) mass is 314 g/mol. The molecule has 0 amide bonds. The number of sulfonamides is 1. The molecule has 0 spiro atoms. The van der Waals surface area contributed by atoms with Gasteiger partial charge in [-0.2, -0.15) is 16.1 Å². The van der Waals surface area contributed by atoms with Gasteiger partial charge in [0.05, 0.1) is 4.90 Å². The molecular weight excluding hydrogens is 292 g/mol. The summed E-state index contributed by atoms with van der Waals surface area (Å²) in [7, 11) is -3.35. The predicted octanol–water partition coefficient (Wildman–Crippen LogP) is 1.70. The summed E-state index contributed by atoms with van der Waals surface area (Å²) >= 11 is 1.81. The van der Waals surface area contributed by atoms with E-state index in [0.717, 1.165) is 29.9 Å². The molecule has 1 aliphatic heterocycles. The second-order valence-electron chi connectivity index (χ2n) is 5.08. The van der Waals surface area contributed by atoms with Gasteiger partial charge in [-0.1, -0.05) is 12.1 Å². The third kappa shape index (κ3) is 3.55. The topological polar surface area (TPSA) is 63.4 Å². The Bertz CT molecular complexity index is 529. The molecule has 0 aliphatic carbocycles. The summed E-state index contributed by atoms with van der Waals surface area (Å²) in [6, 6.07) is 7.29. The summed E-state index contributed by atoms with van der Waals surface area (Å²) in [6.45, 7) is 3.23. The molecular formula is C14H22N2O2S2. The van der Waals surface area contributed by atoms with Crippen LogP contribution in [0.3, 0.4) is 0 Å². The largest absolute Gasteiger partial charge is 0.330 e. The maximum atomic E-state index is 12.6. The molecule has 1 unspecified atom stereocenters. The first kappa shape index (κ1) is 15.8. The molecule has 1 aromatic carbocycles. The van der Waals surface area contributed by atoms with E-state index in [0.29, 0.717) is 18.0 Å². The SMILES string of the molecule is CC1CSCCN1S(=O)(=O)c1ccc(CCCN)cc1. The second kappa shape index (κ2) is 6.93. The Morgan fingerprint density at radius 3 is 2.65 bits per heavy atom. The Labute approximate surface area is 125 Å². The van der Waals surface area contributed by atoms with Crippen LogP contribution in [0.15, 0.2) is 29.2 Å². The molecule has 2 rings (SSSR count). The van der Waals surface area contributed by atoms with Crippen LogP contribution in [-0.4, -0.2) is 43.4 Å². The van der Waals surface area contributed by atoms with Gasteiger partial charge in [-0.25, -0.2) is 8.42 Å². The average Bonchev–Trinajstić information content (AvgIpc) is 2.46. The van der Waals surface area contributed by atoms with Gasteiger partial charge in [-0.3, -0.25) is 0 Å². The maximum Gasteiger partial charge on any atom is 0.243 e. The van der Waals surface area contributed by atoms with Gasteiger partial charge in [-0.15, -0.1) is 0 Å². The number of nitrogens with zero attached hydrogens (tertiary/aromatic N) is 1. The van der Waals surface area contributed by atoms with E-state index in [1.165, 1.54) is 0 Å². The number of aryl methyl sites for hydroxylation is 1. The van der Waals surface area contributed by atoms with Crippen LogP contribution in [0.4, 0.5) is 0 Å². The molecule has 1 aliphatic rings. The highest BCUT2D eigenvalue weighted by molar-refractivity contribution is 7.99. The molecule has 1 aromatic rings. The standard InChI is InChI=1S/C14H22N2O2S2/c1-12-11-19-10-9-16(12)20(17,18)14-6-4-13(5-7-14)3-2-8-15/h4-7,12H,2-3,8-11,15H2,1H3. The van der Waals surface area contributed by atoms with Crippen LogP contribution in [0, 0.1) is 0 Å². The lowest BCUT2D eigenvalue weighted by Crippen LogP contribution is -2.44.